The fourth-order valence-corrected chi connectivity index (χ4v) is 3.19. The van der Waals surface area contributed by atoms with Crippen molar-refractivity contribution >= 4 is 5.96 Å². The SMILES string of the molecule is CC(CCc1ccccc1)NC(=NCC1CCOC1)NCCc1ccco1. The third-order valence-corrected chi connectivity index (χ3v) is 4.87. The zero-order chi connectivity index (χ0) is 18.7. The quantitative estimate of drug-likeness (QED) is 0.525. The molecule has 1 aliphatic heterocycles. The molecule has 0 aliphatic carbocycles. The van der Waals surface area contributed by atoms with Gasteiger partial charge in [0.25, 0.3) is 0 Å². The highest BCUT2D eigenvalue weighted by Crippen LogP contribution is 2.12. The summed E-state index contributed by atoms with van der Waals surface area (Å²) in [5.41, 5.74) is 1.37. The molecule has 2 atom stereocenters. The maximum absolute atomic E-state index is 5.47. The van der Waals surface area contributed by atoms with Gasteiger partial charge in [-0.25, -0.2) is 0 Å². The number of aryl methyl sites for hydroxylation is 1. The van der Waals surface area contributed by atoms with Crippen molar-refractivity contribution in [2.24, 2.45) is 10.9 Å². The zero-order valence-corrected chi connectivity index (χ0v) is 16.2. The Morgan fingerprint density at radius 1 is 1.19 bits per heavy atom. The maximum Gasteiger partial charge on any atom is 0.191 e. The molecule has 5 heteroatoms. The molecule has 5 nitrogen and oxygen atoms in total. The minimum Gasteiger partial charge on any atom is -0.469 e. The summed E-state index contributed by atoms with van der Waals surface area (Å²) in [7, 11) is 0. The molecule has 0 radical (unpaired) electrons. The van der Waals surface area contributed by atoms with Crippen molar-refractivity contribution in [3.8, 4) is 0 Å². The minimum absolute atomic E-state index is 0.347. The van der Waals surface area contributed by atoms with Crippen LogP contribution in [0.25, 0.3) is 0 Å². The van der Waals surface area contributed by atoms with E-state index in [0.29, 0.717) is 12.0 Å². The first-order chi connectivity index (χ1) is 13.3. The van der Waals surface area contributed by atoms with Gasteiger partial charge in [0.1, 0.15) is 5.76 Å². The molecule has 0 amide bonds. The lowest BCUT2D eigenvalue weighted by molar-refractivity contribution is 0.187. The molecular formula is C22H31N3O2. The molecule has 2 heterocycles. The summed E-state index contributed by atoms with van der Waals surface area (Å²) in [4.78, 5) is 4.80. The molecule has 2 N–H and O–H groups in total. The van der Waals surface area contributed by atoms with Gasteiger partial charge in [-0.1, -0.05) is 30.3 Å². The molecule has 1 aromatic heterocycles. The van der Waals surface area contributed by atoms with Crippen molar-refractivity contribution in [3.63, 3.8) is 0 Å². The predicted molar refractivity (Wildman–Crippen MR) is 109 cm³/mol. The van der Waals surface area contributed by atoms with E-state index in [1.807, 2.05) is 12.1 Å². The number of rotatable bonds is 9. The van der Waals surface area contributed by atoms with Crippen LogP contribution >= 0.6 is 0 Å². The maximum atomic E-state index is 5.47. The molecule has 2 aromatic rings. The number of nitrogens with one attached hydrogen (secondary N) is 2. The van der Waals surface area contributed by atoms with Crippen molar-refractivity contribution < 1.29 is 9.15 Å². The summed E-state index contributed by atoms with van der Waals surface area (Å²) in [6.07, 6.45) is 5.79. The van der Waals surface area contributed by atoms with Gasteiger partial charge in [-0.05, 0) is 43.9 Å². The van der Waals surface area contributed by atoms with Gasteiger partial charge in [0.05, 0.1) is 12.9 Å². The first kappa shape index (κ1) is 19.5. The zero-order valence-electron chi connectivity index (χ0n) is 16.2. The Morgan fingerprint density at radius 3 is 2.81 bits per heavy atom. The van der Waals surface area contributed by atoms with Crippen LogP contribution in [0.3, 0.4) is 0 Å². The van der Waals surface area contributed by atoms with Crippen molar-refractivity contribution in [1.82, 2.24) is 10.6 Å². The predicted octanol–water partition coefficient (Wildman–Crippen LogP) is 3.42. The standard InChI is InChI=1S/C22H31N3O2/c1-18(9-10-19-6-3-2-4-7-19)25-22(24-16-20-12-15-26-17-20)23-13-11-21-8-5-14-27-21/h2-8,14,18,20H,9-13,15-17H2,1H3,(H2,23,24,25). The normalized spacial score (nSPS) is 18.4. The Labute approximate surface area is 162 Å². The van der Waals surface area contributed by atoms with Crippen molar-refractivity contribution in [3.05, 3.63) is 60.1 Å². The molecule has 27 heavy (non-hydrogen) atoms. The average Bonchev–Trinajstić information content (AvgIpc) is 3.39. The second kappa shape index (κ2) is 10.8. The highest BCUT2D eigenvalue weighted by atomic mass is 16.5. The molecule has 1 saturated heterocycles. The van der Waals surface area contributed by atoms with Crippen LogP contribution in [0.1, 0.15) is 31.1 Å². The molecule has 1 aliphatic rings. The fourth-order valence-electron chi connectivity index (χ4n) is 3.19. The van der Waals surface area contributed by atoms with E-state index in [2.05, 4.69) is 47.9 Å². The minimum atomic E-state index is 0.347. The molecule has 0 spiro atoms. The van der Waals surface area contributed by atoms with Gasteiger partial charge in [0.15, 0.2) is 5.96 Å². The fraction of sp³-hybridized carbons (Fsp3) is 0.500. The number of benzene rings is 1. The lowest BCUT2D eigenvalue weighted by atomic mass is 10.1. The second-order valence-corrected chi connectivity index (χ2v) is 7.24. The highest BCUT2D eigenvalue weighted by Gasteiger charge is 2.15. The van der Waals surface area contributed by atoms with Gasteiger partial charge in [-0.15, -0.1) is 0 Å². The molecule has 1 aromatic carbocycles. The largest absolute Gasteiger partial charge is 0.469 e. The molecule has 1 fully saturated rings. The smallest absolute Gasteiger partial charge is 0.191 e. The third kappa shape index (κ3) is 7.10. The summed E-state index contributed by atoms with van der Waals surface area (Å²) < 4.78 is 10.9. The third-order valence-electron chi connectivity index (χ3n) is 4.87. The van der Waals surface area contributed by atoms with Crippen LogP contribution in [0.15, 0.2) is 58.1 Å². The van der Waals surface area contributed by atoms with E-state index < -0.39 is 0 Å². The van der Waals surface area contributed by atoms with Gasteiger partial charge in [-0.2, -0.15) is 0 Å². The summed E-state index contributed by atoms with van der Waals surface area (Å²) >= 11 is 0. The summed E-state index contributed by atoms with van der Waals surface area (Å²) in [6.45, 7) is 5.51. The van der Waals surface area contributed by atoms with Gasteiger partial charge in [0.2, 0.25) is 0 Å². The molecule has 146 valence electrons. The summed E-state index contributed by atoms with van der Waals surface area (Å²) in [5, 5.41) is 7.01. The Morgan fingerprint density at radius 2 is 2.07 bits per heavy atom. The molecular weight excluding hydrogens is 338 g/mol. The lowest BCUT2D eigenvalue weighted by Crippen LogP contribution is -2.43. The van der Waals surface area contributed by atoms with Gasteiger partial charge < -0.3 is 19.8 Å². The highest BCUT2D eigenvalue weighted by molar-refractivity contribution is 5.80. The number of guanidine groups is 1. The van der Waals surface area contributed by atoms with Gasteiger partial charge >= 0.3 is 0 Å². The van der Waals surface area contributed by atoms with E-state index in [9.17, 15) is 0 Å². The number of ether oxygens (including phenoxy) is 1. The summed E-state index contributed by atoms with van der Waals surface area (Å²) in [5.74, 6) is 2.41. The first-order valence-corrected chi connectivity index (χ1v) is 9.98. The molecule has 3 rings (SSSR count). The van der Waals surface area contributed by atoms with E-state index in [0.717, 1.165) is 63.7 Å². The van der Waals surface area contributed by atoms with Crippen molar-refractivity contribution in [1.29, 1.82) is 0 Å². The van der Waals surface area contributed by atoms with Crippen LogP contribution < -0.4 is 10.6 Å². The van der Waals surface area contributed by atoms with Crippen LogP contribution in [-0.2, 0) is 17.6 Å². The van der Waals surface area contributed by atoms with Gasteiger partial charge in [0, 0.05) is 38.1 Å². The first-order valence-electron chi connectivity index (χ1n) is 9.98. The van der Waals surface area contributed by atoms with Crippen LogP contribution in [0.4, 0.5) is 0 Å². The van der Waals surface area contributed by atoms with Gasteiger partial charge in [-0.3, -0.25) is 4.99 Å². The van der Waals surface area contributed by atoms with Crippen molar-refractivity contribution in [2.75, 3.05) is 26.3 Å². The number of hydrogen-bond acceptors (Lipinski definition) is 3. The Kier molecular flexibility index (Phi) is 7.78. The Balaban J connectivity index is 1.48. The van der Waals surface area contributed by atoms with Crippen LogP contribution in [0, 0.1) is 5.92 Å². The topological polar surface area (TPSA) is 58.8 Å². The number of hydrogen-bond donors (Lipinski definition) is 2. The van der Waals surface area contributed by atoms with Crippen molar-refractivity contribution in [2.45, 2.75) is 38.6 Å². The van der Waals surface area contributed by atoms with Crippen LogP contribution in [0.5, 0.6) is 0 Å². The second-order valence-electron chi connectivity index (χ2n) is 7.24. The lowest BCUT2D eigenvalue weighted by Gasteiger charge is -2.19. The molecule has 0 bridgehead atoms. The van der Waals surface area contributed by atoms with Crippen LogP contribution in [-0.4, -0.2) is 38.3 Å². The number of nitrogens with zero attached hydrogens (tertiary/aromatic N) is 1. The van der Waals surface area contributed by atoms with E-state index in [1.165, 1.54) is 5.56 Å². The van der Waals surface area contributed by atoms with E-state index in [-0.39, 0.29) is 0 Å². The summed E-state index contributed by atoms with van der Waals surface area (Å²) in [6, 6.07) is 14.9. The van der Waals surface area contributed by atoms with E-state index in [4.69, 9.17) is 14.1 Å². The number of furan rings is 1. The molecule has 2 unspecified atom stereocenters. The van der Waals surface area contributed by atoms with E-state index in [1.54, 1.807) is 6.26 Å². The van der Waals surface area contributed by atoms with E-state index >= 15 is 0 Å². The monoisotopic (exact) mass is 369 g/mol. The number of aliphatic imine (C=N–C) groups is 1. The molecule has 0 saturated carbocycles. The Bertz CT molecular complexity index is 664. The average molecular weight is 370 g/mol. The Hall–Kier alpha value is -2.27. The van der Waals surface area contributed by atoms with Crippen LogP contribution in [0.2, 0.25) is 0 Å².